The van der Waals surface area contributed by atoms with Crippen molar-refractivity contribution in [2.24, 2.45) is 23.5 Å². The normalized spacial score (nSPS) is 25.3. The molecular formula is C16H29N3O2. The van der Waals surface area contributed by atoms with Crippen LogP contribution >= 0.6 is 0 Å². The average Bonchev–Trinajstić information content (AvgIpc) is 3.35. The van der Waals surface area contributed by atoms with Crippen LogP contribution in [0.2, 0.25) is 0 Å². The van der Waals surface area contributed by atoms with Crippen molar-refractivity contribution in [2.75, 3.05) is 19.6 Å². The van der Waals surface area contributed by atoms with Crippen LogP contribution in [-0.2, 0) is 9.59 Å². The van der Waals surface area contributed by atoms with Gasteiger partial charge in [0.1, 0.15) is 0 Å². The molecule has 0 radical (unpaired) electrons. The summed E-state index contributed by atoms with van der Waals surface area (Å²) in [5.41, 5.74) is 5.75. The fraction of sp³-hybridized carbons (Fsp3) is 0.875. The third-order valence-corrected chi connectivity index (χ3v) is 4.91. The zero-order valence-electron chi connectivity index (χ0n) is 13.3. The Morgan fingerprint density at radius 1 is 1.33 bits per heavy atom. The van der Waals surface area contributed by atoms with E-state index in [1.165, 1.54) is 12.8 Å². The molecule has 3 atom stereocenters. The number of amides is 2. The molecule has 3 N–H and O–H groups in total. The SMILES string of the molecule is CCC(C)C(=O)N1CCCC(C(=O)NC(CN)C2CC2)C1. The molecule has 1 saturated heterocycles. The highest BCUT2D eigenvalue weighted by Crippen LogP contribution is 2.32. The first-order chi connectivity index (χ1) is 10.1. The lowest BCUT2D eigenvalue weighted by Gasteiger charge is -2.34. The zero-order valence-corrected chi connectivity index (χ0v) is 13.3. The Kier molecular flexibility index (Phi) is 5.62. The molecule has 0 spiro atoms. The van der Waals surface area contributed by atoms with Crippen LogP contribution in [0.25, 0.3) is 0 Å². The third kappa shape index (κ3) is 4.19. The summed E-state index contributed by atoms with van der Waals surface area (Å²) >= 11 is 0. The van der Waals surface area contributed by atoms with Crippen molar-refractivity contribution in [3.63, 3.8) is 0 Å². The molecule has 2 amide bonds. The van der Waals surface area contributed by atoms with Crippen LogP contribution in [0.15, 0.2) is 0 Å². The molecular weight excluding hydrogens is 266 g/mol. The lowest BCUT2D eigenvalue weighted by Crippen LogP contribution is -2.50. The standard InChI is InChI=1S/C16H29N3O2/c1-3-11(2)16(21)19-8-4-5-13(10-19)15(20)18-14(9-17)12-6-7-12/h11-14H,3-10,17H2,1-2H3,(H,18,20). The van der Waals surface area contributed by atoms with E-state index in [1.54, 1.807) is 0 Å². The molecule has 1 heterocycles. The largest absolute Gasteiger partial charge is 0.352 e. The van der Waals surface area contributed by atoms with E-state index in [0.29, 0.717) is 19.0 Å². The summed E-state index contributed by atoms with van der Waals surface area (Å²) in [5, 5.41) is 3.10. The van der Waals surface area contributed by atoms with Crippen LogP contribution < -0.4 is 11.1 Å². The summed E-state index contributed by atoms with van der Waals surface area (Å²) in [5.74, 6) is 0.821. The van der Waals surface area contributed by atoms with Gasteiger partial charge in [0.25, 0.3) is 0 Å². The maximum absolute atomic E-state index is 12.4. The first-order valence-corrected chi connectivity index (χ1v) is 8.36. The number of carbonyl (C=O) groups excluding carboxylic acids is 2. The number of hydrogen-bond donors (Lipinski definition) is 2. The van der Waals surface area contributed by atoms with Gasteiger partial charge < -0.3 is 16.0 Å². The van der Waals surface area contributed by atoms with Gasteiger partial charge in [-0.1, -0.05) is 13.8 Å². The first kappa shape index (κ1) is 16.3. The van der Waals surface area contributed by atoms with Crippen molar-refractivity contribution in [1.29, 1.82) is 0 Å². The molecule has 21 heavy (non-hydrogen) atoms. The monoisotopic (exact) mass is 295 g/mol. The second-order valence-corrected chi connectivity index (χ2v) is 6.62. The Bertz CT molecular complexity index is 382. The van der Waals surface area contributed by atoms with Gasteiger partial charge in [-0.05, 0) is 38.0 Å². The zero-order chi connectivity index (χ0) is 15.4. The highest BCUT2D eigenvalue weighted by atomic mass is 16.2. The molecule has 2 fully saturated rings. The highest BCUT2D eigenvalue weighted by molar-refractivity contribution is 5.82. The molecule has 120 valence electrons. The van der Waals surface area contributed by atoms with Crippen molar-refractivity contribution < 1.29 is 9.59 Å². The van der Waals surface area contributed by atoms with Gasteiger partial charge in [-0.15, -0.1) is 0 Å². The maximum Gasteiger partial charge on any atom is 0.225 e. The van der Waals surface area contributed by atoms with E-state index in [0.717, 1.165) is 25.8 Å². The van der Waals surface area contributed by atoms with E-state index in [1.807, 2.05) is 18.7 Å². The quantitative estimate of drug-likeness (QED) is 0.771. The Labute approximate surface area is 127 Å². The van der Waals surface area contributed by atoms with Crippen molar-refractivity contribution in [3.05, 3.63) is 0 Å². The third-order valence-electron chi connectivity index (χ3n) is 4.91. The molecule has 0 aromatic rings. The second-order valence-electron chi connectivity index (χ2n) is 6.62. The minimum Gasteiger partial charge on any atom is -0.352 e. The van der Waals surface area contributed by atoms with E-state index in [9.17, 15) is 9.59 Å². The molecule has 0 bridgehead atoms. The van der Waals surface area contributed by atoms with Gasteiger partial charge in [-0.25, -0.2) is 0 Å². The summed E-state index contributed by atoms with van der Waals surface area (Å²) in [6.45, 7) is 5.85. The van der Waals surface area contributed by atoms with Crippen LogP contribution in [0.4, 0.5) is 0 Å². The Hall–Kier alpha value is -1.10. The van der Waals surface area contributed by atoms with E-state index >= 15 is 0 Å². The van der Waals surface area contributed by atoms with Gasteiger partial charge in [0, 0.05) is 31.6 Å². The first-order valence-electron chi connectivity index (χ1n) is 8.36. The molecule has 3 unspecified atom stereocenters. The molecule has 1 saturated carbocycles. The number of likely N-dealkylation sites (tertiary alicyclic amines) is 1. The summed E-state index contributed by atoms with van der Waals surface area (Å²) in [4.78, 5) is 26.5. The summed E-state index contributed by atoms with van der Waals surface area (Å²) in [6, 6.07) is 0.123. The maximum atomic E-state index is 12.4. The van der Waals surface area contributed by atoms with Crippen molar-refractivity contribution in [3.8, 4) is 0 Å². The average molecular weight is 295 g/mol. The molecule has 0 aromatic carbocycles. The van der Waals surface area contributed by atoms with Gasteiger partial charge in [-0.3, -0.25) is 9.59 Å². The summed E-state index contributed by atoms with van der Waals surface area (Å²) < 4.78 is 0. The second kappa shape index (κ2) is 7.25. The molecule has 1 aliphatic carbocycles. The molecule has 5 nitrogen and oxygen atoms in total. The Morgan fingerprint density at radius 3 is 2.62 bits per heavy atom. The van der Waals surface area contributed by atoms with E-state index in [-0.39, 0.29) is 29.7 Å². The van der Waals surface area contributed by atoms with Gasteiger partial charge in [-0.2, -0.15) is 0 Å². The van der Waals surface area contributed by atoms with E-state index in [2.05, 4.69) is 5.32 Å². The fourth-order valence-corrected chi connectivity index (χ4v) is 3.05. The van der Waals surface area contributed by atoms with Crippen LogP contribution in [0, 0.1) is 17.8 Å². The number of nitrogens with two attached hydrogens (primary N) is 1. The number of hydrogen-bond acceptors (Lipinski definition) is 3. The van der Waals surface area contributed by atoms with Gasteiger partial charge in [0.15, 0.2) is 0 Å². The van der Waals surface area contributed by atoms with Gasteiger partial charge in [0.05, 0.1) is 5.92 Å². The smallest absolute Gasteiger partial charge is 0.225 e. The Balaban J connectivity index is 1.87. The minimum atomic E-state index is -0.0699. The lowest BCUT2D eigenvalue weighted by atomic mass is 9.95. The van der Waals surface area contributed by atoms with Crippen LogP contribution in [0.1, 0.15) is 46.0 Å². The molecule has 5 heteroatoms. The van der Waals surface area contributed by atoms with Crippen LogP contribution in [0.5, 0.6) is 0 Å². The predicted molar refractivity (Wildman–Crippen MR) is 82.5 cm³/mol. The van der Waals surface area contributed by atoms with Crippen molar-refractivity contribution in [1.82, 2.24) is 10.2 Å². The number of nitrogens with one attached hydrogen (secondary N) is 1. The number of piperidine rings is 1. The number of rotatable bonds is 6. The predicted octanol–water partition coefficient (Wildman–Crippen LogP) is 1.12. The van der Waals surface area contributed by atoms with Gasteiger partial charge in [0.2, 0.25) is 11.8 Å². The molecule has 2 aliphatic rings. The molecule has 0 aromatic heterocycles. The molecule has 2 rings (SSSR count). The van der Waals surface area contributed by atoms with Crippen molar-refractivity contribution in [2.45, 2.75) is 52.0 Å². The van der Waals surface area contributed by atoms with Crippen LogP contribution in [0.3, 0.4) is 0 Å². The van der Waals surface area contributed by atoms with Gasteiger partial charge >= 0.3 is 0 Å². The van der Waals surface area contributed by atoms with E-state index < -0.39 is 0 Å². The number of carbonyl (C=O) groups is 2. The lowest BCUT2D eigenvalue weighted by molar-refractivity contribution is -0.139. The topological polar surface area (TPSA) is 75.4 Å². The Morgan fingerprint density at radius 2 is 2.05 bits per heavy atom. The highest BCUT2D eigenvalue weighted by Gasteiger charge is 2.34. The molecule has 1 aliphatic heterocycles. The van der Waals surface area contributed by atoms with E-state index in [4.69, 9.17) is 5.73 Å². The summed E-state index contributed by atoms with van der Waals surface area (Å²) in [6.07, 6.45) is 4.98. The van der Waals surface area contributed by atoms with Crippen molar-refractivity contribution >= 4 is 11.8 Å². The minimum absolute atomic E-state index is 0.0510. The summed E-state index contributed by atoms with van der Waals surface area (Å²) in [7, 11) is 0. The van der Waals surface area contributed by atoms with Crippen LogP contribution in [-0.4, -0.2) is 42.4 Å². The number of nitrogens with zero attached hydrogens (tertiary/aromatic N) is 1. The fourth-order valence-electron chi connectivity index (χ4n) is 3.05.